The zero-order valence-corrected chi connectivity index (χ0v) is 11.3. The van der Waals surface area contributed by atoms with Gasteiger partial charge in [0.25, 0.3) is 5.69 Å². The number of benzene rings is 1. The fraction of sp³-hybridized carbons (Fsp3) is 0.500. The monoisotopic (exact) mass is 278 g/mol. The van der Waals surface area contributed by atoms with Crippen molar-refractivity contribution in [2.45, 2.75) is 38.5 Å². The van der Waals surface area contributed by atoms with Crippen molar-refractivity contribution < 1.29 is 4.92 Å². The second-order valence-electron chi connectivity index (χ2n) is 5.16. The second kappa shape index (κ2) is 5.58. The van der Waals surface area contributed by atoms with E-state index in [1.54, 1.807) is 12.1 Å². The third-order valence-electron chi connectivity index (χ3n) is 3.82. The van der Waals surface area contributed by atoms with Crippen LogP contribution >= 0.6 is 11.6 Å². The Bertz CT molecular complexity index is 531. The lowest BCUT2D eigenvalue weighted by Crippen LogP contribution is -2.25. The van der Waals surface area contributed by atoms with E-state index in [4.69, 9.17) is 11.6 Å². The van der Waals surface area contributed by atoms with Crippen molar-refractivity contribution in [3.05, 3.63) is 38.9 Å². The van der Waals surface area contributed by atoms with E-state index in [9.17, 15) is 15.4 Å². The number of nitro groups is 1. The van der Waals surface area contributed by atoms with Crippen LogP contribution in [0.3, 0.4) is 0 Å². The predicted octanol–water partition coefficient (Wildman–Crippen LogP) is 4.26. The fourth-order valence-corrected chi connectivity index (χ4v) is 2.94. The zero-order valence-electron chi connectivity index (χ0n) is 10.6. The van der Waals surface area contributed by atoms with E-state index in [0.717, 1.165) is 32.1 Å². The van der Waals surface area contributed by atoms with Crippen LogP contribution in [0, 0.1) is 26.9 Å². The zero-order chi connectivity index (χ0) is 13.9. The van der Waals surface area contributed by atoms with Gasteiger partial charge in [-0.05, 0) is 25.3 Å². The molecule has 5 heteroatoms. The van der Waals surface area contributed by atoms with Crippen molar-refractivity contribution in [1.82, 2.24) is 0 Å². The van der Waals surface area contributed by atoms with Gasteiger partial charge in [0.2, 0.25) is 0 Å². The van der Waals surface area contributed by atoms with Gasteiger partial charge in [-0.1, -0.05) is 36.9 Å². The summed E-state index contributed by atoms with van der Waals surface area (Å²) in [4.78, 5) is 10.7. The van der Waals surface area contributed by atoms with Crippen LogP contribution in [0.2, 0.25) is 5.02 Å². The molecule has 0 N–H and O–H groups in total. The highest BCUT2D eigenvalue weighted by molar-refractivity contribution is 6.30. The average Bonchev–Trinajstić information content (AvgIpc) is 2.42. The highest BCUT2D eigenvalue weighted by atomic mass is 35.5. The Morgan fingerprint density at radius 3 is 2.63 bits per heavy atom. The number of hydrogen-bond donors (Lipinski definition) is 0. The summed E-state index contributed by atoms with van der Waals surface area (Å²) in [5.41, 5.74) is 0.183. The van der Waals surface area contributed by atoms with Crippen LogP contribution in [-0.4, -0.2) is 4.92 Å². The molecule has 100 valence electrons. The molecule has 0 heterocycles. The van der Waals surface area contributed by atoms with E-state index < -0.39 is 10.3 Å². The molecule has 1 aliphatic rings. The molecule has 0 aromatic heterocycles. The van der Waals surface area contributed by atoms with Crippen LogP contribution in [0.1, 0.15) is 37.7 Å². The van der Waals surface area contributed by atoms with Gasteiger partial charge in [-0.25, -0.2) is 0 Å². The summed E-state index contributed by atoms with van der Waals surface area (Å²) in [5, 5.41) is 20.9. The largest absolute Gasteiger partial charge is 0.274 e. The molecule has 1 saturated carbocycles. The van der Waals surface area contributed by atoms with E-state index in [-0.39, 0.29) is 5.69 Å². The Kier molecular flexibility index (Phi) is 4.06. The van der Waals surface area contributed by atoms with Gasteiger partial charge < -0.3 is 0 Å². The Balaban J connectivity index is 2.32. The van der Waals surface area contributed by atoms with Gasteiger partial charge in [-0.2, -0.15) is 5.26 Å². The number of hydrogen-bond acceptors (Lipinski definition) is 3. The molecule has 0 aliphatic heterocycles. The van der Waals surface area contributed by atoms with E-state index in [0.29, 0.717) is 17.0 Å². The van der Waals surface area contributed by atoms with Gasteiger partial charge in [0.15, 0.2) is 0 Å². The van der Waals surface area contributed by atoms with Crippen LogP contribution < -0.4 is 0 Å². The third kappa shape index (κ3) is 3.05. The minimum atomic E-state index is -0.448. The van der Waals surface area contributed by atoms with Gasteiger partial charge >= 0.3 is 0 Å². The topological polar surface area (TPSA) is 66.9 Å². The summed E-state index contributed by atoms with van der Waals surface area (Å²) in [6.07, 6.45) is 5.28. The molecule has 0 amide bonds. The van der Waals surface area contributed by atoms with Crippen molar-refractivity contribution >= 4 is 17.3 Å². The molecule has 1 aliphatic carbocycles. The lowest BCUT2D eigenvalue weighted by molar-refractivity contribution is -0.385. The van der Waals surface area contributed by atoms with Gasteiger partial charge in [0.1, 0.15) is 0 Å². The molecule has 1 aromatic rings. The van der Waals surface area contributed by atoms with Gasteiger partial charge in [0, 0.05) is 16.7 Å². The first-order valence-corrected chi connectivity index (χ1v) is 6.78. The molecule has 0 saturated heterocycles. The maximum absolute atomic E-state index is 11.1. The van der Waals surface area contributed by atoms with E-state index >= 15 is 0 Å². The normalized spacial score (nSPS) is 17.7. The van der Waals surface area contributed by atoms with E-state index in [1.807, 2.05) is 0 Å². The molecule has 0 bridgehead atoms. The van der Waals surface area contributed by atoms with Crippen LogP contribution in [-0.2, 0) is 6.42 Å². The first-order chi connectivity index (χ1) is 9.06. The van der Waals surface area contributed by atoms with Crippen LogP contribution in [0.5, 0.6) is 0 Å². The third-order valence-corrected chi connectivity index (χ3v) is 4.06. The summed E-state index contributed by atoms with van der Waals surface area (Å²) in [7, 11) is 0. The number of nitrogens with zero attached hydrogens (tertiary/aromatic N) is 2. The maximum atomic E-state index is 11.1. The number of halogens is 1. The highest BCUT2D eigenvalue weighted by Crippen LogP contribution is 2.40. The number of nitro benzene ring substituents is 1. The molecule has 0 spiro atoms. The minimum absolute atomic E-state index is 0.0210. The van der Waals surface area contributed by atoms with Crippen molar-refractivity contribution in [2.24, 2.45) is 5.41 Å². The molecule has 0 unspecified atom stereocenters. The lowest BCUT2D eigenvalue weighted by atomic mass is 9.71. The van der Waals surface area contributed by atoms with Crippen molar-refractivity contribution in [3.8, 4) is 6.07 Å². The summed E-state index contributed by atoms with van der Waals surface area (Å²) in [5.74, 6) is 0. The first kappa shape index (κ1) is 13.8. The smallest absolute Gasteiger partial charge is 0.258 e. The minimum Gasteiger partial charge on any atom is -0.258 e. The Morgan fingerprint density at radius 1 is 1.37 bits per heavy atom. The van der Waals surface area contributed by atoms with Crippen molar-refractivity contribution in [1.29, 1.82) is 5.26 Å². The fourth-order valence-electron chi connectivity index (χ4n) is 2.78. The Labute approximate surface area is 117 Å². The van der Waals surface area contributed by atoms with E-state index in [2.05, 4.69) is 6.07 Å². The van der Waals surface area contributed by atoms with Crippen molar-refractivity contribution in [3.63, 3.8) is 0 Å². The quantitative estimate of drug-likeness (QED) is 0.612. The van der Waals surface area contributed by atoms with Crippen molar-refractivity contribution in [2.75, 3.05) is 0 Å². The first-order valence-electron chi connectivity index (χ1n) is 6.40. The predicted molar refractivity (Wildman–Crippen MR) is 72.9 cm³/mol. The molecule has 0 atom stereocenters. The van der Waals surface area contributed by atoms with Crippen LogP contribution in [0.4, 0.5) is 5.69 Å². The van der Waals surface area contributed by atoms with Crippen LogP contribution in [0.25, 0.3) is 0 Å². The molecule has 19 heavy (non-hydrogen) atoms. The summed E-state index contributed by atoms with van der Waals surface area (Å²) >= 11 is 5.80. The summed E-state index contributed by atoms with van der Waals surface area (Å²) in [6, 6.07) is 7.08. The van der Waals surface area contributed by atoms with Crippen LogP contribution in [0.15, 0.2) is 18.2 Å². The van der Waals surface area contributed by atoms with E-state index in [1.165, 1.54) is 6.07 Å². The molecule has 4 nitrogen and oxygen atoms in total. The molecule has 1 aromatic carbocycles. The second-order valence-corrected chi connectivity index (χ2v) is 5.60. The number of rotatable bonds is 3. The van der Waals surface area contributed by atoms with Gasteiger partial charge in [-0.3, -0.25) is 10.1 Å². The summed E-state index contributed by atoms with van der Waals surface area (Å²) < 4.78 is 0. The average molecular weight is 279 g/mol. The SMILES string of the molecule is N#CC1(Cc2ccc(Cl)cc2[N+](=O)[O-])CCCCC1. The summed E-state index contributed by atoms with van der Waals surface area (Å²) in [6.45, 7) is 0. The lowest BCUT2D eigenvalue weighted by Gasteiger charge is -2.30. The Morgan fingerprint density at radius 2 is 2.05 bits per heavy atom. The molecule has 0 radical (unpaired) electrons. The maximum Gasteiger partial charge on any atom is 0.274 e. The molecular weight excluding hydrogens is 264 g/mol. The standard InChI is InChI=1S/C14H15ClN2O2/c15-12-5-4-11(13(8-12)17(18)19)9-14(10-16)6-2-1-3-7-14/h4-5,8H,1-3,6-7,9H2. The molecular formula is C14H15ClN2O2. The van der Waals surface area contributed by atoms with Gasteiger partial charge in [0.05, 0.1) is 16.4 Å². The number of nitriles is 1. The molecule has 1 fully saturated rings. The van der Waals surface area contributed by atoms with Gasteiger partial charge in [-0.15, -0.1) is 0 Å². The molecule has 2 rings (SSSR count). The highest BCUT2D eigenvalue weighted by Gasteiger charge is 2.34. The Hall–Kier alpha value is -1.60.